The highest BCUT2D eigenvalue weighted by Gasteiger charge is 2.00. The molecule has 0 aliphatic heterocycles. The van der Waals surface area contributed by atoms with Crippen molar-refractivity contribution in [3.63, 3.8) is 0 Å². The Bertz CT molecular complexity index is 616. The van der Waals surface area contributed by atoms with Crippen LogP contribution < -0.4 is 10.6 Å². The third kappa shape index (κ3) is 6.44. The van der Waals surface area contributed by atoms with Gasteiger partial charge in [-0.15, -0.1) is 0 Å². The summed E-state index contributed by atoms with van der Waals surface area (Å²) in [6, 6.07) is 8.56. The van der Waals surface area contributed by atoms with Crippen LogP contribution in [0.1, 0.15) is 38.3 Å². The van der Waals surface area contributed by atoms with Gasteiger partial charge in [0.25, 0.3) is 0 Å². The molecule has 0 aliphatic rings. The van der Waals surface area contributed by atoms with Gasteiger partial charge in [0, 0.05) is 32.0 Å². The minimum absolute atomic E-state index is 0.675. The van der Waals surface area contributed by atoms with Crippen LogP contribution in [0, 0.1) is 5.92 Å². The summed E-state index contributed by atoms with van der Waals surface area (Å²) in [5.41, 5.74) is 2.48. The van der Waals surface area contributed by atoms with E-state index < -0.39 is 0 Å². The quantitative estimate of drug-likeness (QED) is 0.579. The first-order valence-electron chi connectivity index (χ1n) is 8.73. The van der Waals surface area contributed by atoms with Gasteiger partial charge in [-0.05, 0) is 30.4 Å². The molecule has 1 aromatic carbocycles. The van der Waals surface area contributed by atoms with Gasteiger partial charge in [-0.3, -0.25) is 0 Å². The van der Waals surface area contributed by atoms with Gasteiger partial charge in [-0.2, -0.15) is 0 Å². The summed E-state index contributed by atoms with van der Waals surface area (Å²) in [5, 5.41) is 6.70. The fourth-order valence-corrected chi connectivity index (χ4v) is 2.41. The third-order valence-electron chi connectivity index (χ3n) is 3.69. The number of aliphatic imine (C=N–C) groups is 1. The highest BCUT2D eigenvalue weighted by molar-refractivity contribution is 5.79. The highest BCUT2D eigenvalue weighted by Crippen LogP contribution is 2.08. The summed E-state index contributed by atoms with van der Waals surface area (Å²) >= 11 is 0. The van der Waals surface area contributed by atoms with Crippen molar-refractivity contribution < 1.29 is 0 Å². The second-order valence-corrected chi connectivity index (χ2v) is 6.36. The zero-order valence-electron chi connectivity index (χ0n) is 15.0. The Labute approximate surface area is 145 Å². The van der Waals surface area contributed by atoms with Crippen molar-refractivity contribution in [1.29, 1.82) is 0 Å². The molecule has 0 amide bonds. The Hall–Kier alpha value is -2.30. The van der Waals surface area contributed by atoms with Crippen LogP contribution >= 0.6 is 0 Å². The minimum atomic E-state index is 0.675. The SMILES string of the molecule is CCNC(=NCc1cccc(Cn2ccnc2)c1)NCCC(C)C. The van der Waals surface area contributed by atoms with Crippen LogP contribution in [0.3, 0.4) is 0 Å². The molecule has 0 saturated heterocycles. The second kappa shape index (κ2) is 9.75. The average Bonchev–Trinajstić information content (AvgIpc) is 3.05. The number of benzene rings is 1. The van der Waals surface area contributed by atoms with E-state index in [1.54, 1.807) is 6.20 Å². The van der Waals surface area contributed by atoms with Crippen molar-refractivity contribution in [3.05, 3.63) is 54.1 Å². The maximum atomic E-state index is 4.69. The molecule has 0 bridgehead atoms. The maximum Gasteiger partial charge on any atom is 0.191 e. The van der Waals surface area contributed by atoms with Crippen LogP contribution in [-0.2, 0) is 13.1 Å². The number of imidazole rings is 1. The first-order valence-corrected chi connectivity index (χ1v) is 8.73. The molecule has 5 nitrogen and oxygen atoms in total. The summed E-state index contributed by atoms with van der Waals surface area (Å²) in [4.78, 5) is 8.78. The molecule has 1 heterocycles. The van der Waals surface area contributed by atoms with Gasteiger partial charge in [0.1, 0.15) is 0 Å². The Morgan fingerprint density at radius 2 is 2.08 bits per heavy atom. The van der Waals surface area contributed by atoms with E-state index in [2.05, 4.69) is 65.2 Å². The van der Waals surface area contributed by atoms with Crippen LogP contribution in [0.4, 0.5) is 0 Å². The summed E-state index contributed by atoms with van der Waals surface area (Å²) in [6.45, 7) is 9.89. The fraction of sp³-hybridized carbons (Fsp3) is 0.474. The van der Waals surface area contributed by atoms with Gasteiger partial charge in [-0.1, -0.05) is 38.1 Å². The van der Waals surface area contributed by atoms with Crippen molar-refractivity contribution >= 4 is 5.96 Å². The summed E-state index contributed by atoms with van der Waals surface area (Å²) in [5.74, 6) is 1.58. The number of hydrogen-bond acceptors (Lipinski definition) is 2. The molecule has 0 saturated carbocycles. The smallest absolute Gasteiger partial charge is 0.191 e. The normalized spacial score (nSPS) is 11.8. The van der Waals surface area contributed by atoms with Crippen LogP contribution in [0.25, 0.3) is 0 Å². The molecule has 2 N–H and O–H groups in total. The van der Waals surface area contributed by atoms with E-state index in [1.807, 2.05) is 12.5 Å². The molecular weight excluding hydrogens is 298 g/mol. The van der Waals surface area contributed by atoms with Crippen LogP contribution in [0.15, 0.2) is 48.0 Å². The average molecular weight is 327 g/mol. The van der Waals surface area contributed by atoms with E-state index in [9.17, 15) is 0 Å². The van der Waals surface area contributed by atoms with Crippen LogP contribution in [0.5, 0.6) is 0 Å². The van der Waals surface area contributed by atoms with Crippen molar-refractivity contribution in [2.75, 3.05) is 13.1 Å². The molecule has 24 heavy (non-hydrogen) atoms. The molecule has 0 radical (unpaired) electrons. The standard InChI is InChI=1S/C19H29N5/c1-4-21-19(22-9-8-16(2)3)23-13-17-6-5-7-18(12-17)14-24-11-10-20-15-24/h5-7,10-12,15-16H,4,8-9,13-14H2,1-3H3,(H2,21,22,23). The largest absolute Gasteiger partial charge is 0.357 e. The number of nitrogens with zero attached hydrogens (tertiary/aromatic N) is 3. The Kier molecular flexibility index (Phi) is 7.33. The molecule has 0 spiro atoms. The number of aromatic nitrogens is 2. The van der Waals surface area contributed by atoms with Gasteiger partial charge >= 0.3 is 0 Å². The van der Waals surface area contributed by atoms with Crippen LogP contribution in [0.2, 0.25) is 0 Å². The zero-order valence-corrected chi connectivity index (χ0v) is 15.0. The van der Waals surface area contributed by atoms with E-state index in [1.165, 1.54) is 11.1 Å². The van der Waals surface area contributed by atoms with Crippen molar-refractivity contribution in [3.8, 4) is 0 Å². The first-order chi connectivity index (χ1) is 11.7. The lowest BCUT2D eigenvalue weighted by Crippen LogP contribution is -2.38. The van der Waals surface area contributed by atoms with Gasteiger partial charge in [0.15, 0.2) is 5.96 Å². The summed E-state index contributed by atoms with van der Waals surface area (Å²) < 4.78 is 2.07. The first kappa shape index (κ1) is 18.0. The number of nitrogens with one attached hydrogen (secondary N) is 2. The predicted octanol–water partition coefficient (Wildman–Crippen LogP) is 3.03. The van der Waals surface area contributed by atoms with Gasteiger partial charge in [0.2, 0.25) is 0 Å². The topological polar surface area (TPSA) is 54.2 Å². The highest BCUT2D eigenvalue weighted by atomic mass is 15.2. The van der Waals surface area contributed by atoms with Crippen LogP contribution in [-0.4, -0.2) is 28.6 Å². The molecule has 0 fully saturated rings. The Balaban J connectivity index is 1.94. The maximum absolute atomic E-state index is 4.69. The molecular formula is C19H29N5. The molecule has 5 heteroatoms. The van der Waals surface area contributed by atoms with Crippen molar-refractivity contribution in [2.24, 2.45) is 10.9 Å². The monoisotopic (exact) mass is 327 g/mol. The molecule has 2 rings (SSSR count). The second-order valence-electron chi connectivity index (χ2n) is 6.36. The van der Waals surface area contributed by atoms with E-state index in [0.29, 0.717) is 12.5 Å². The van der Waals surface area contributed by atoms with E-state index in [4.69, 9.17) is 4.99 Å². The van der Waals surface area contributed by atoms with Gasteiger partial charge in [-0.25, -0.2) is 9.98 Å². The summed E-state index contributed by atoms with van der Waals surface area (Å²) in [7, 11) is 0. The predicted molar refractivity (Wildman–Crippen MR) is 100 cm³/mol. The molecule has 0 atom stereocenters. The summed E-state index contributed by atoms with van der Waals surface area (Å²) in [6.07, 6.45) is 6.77. The lowest BCUT2D eigenvalue weighted by molar-refractivity contribution is 0.573. The molecule has 2 aromatic rings. The van der Waals surface area contributed by atoms with Gasteiger partial charge < -0.3 is 15.2 Å². The number of guanidine groups is 1. The molecule has 0 aliphatic carbocycles. The third-order valence-corrected chi connectivity index (χ3v) is 3.69. The minimum Gasteiger partial charge on any atom is -0.357 e. The van der Waals surface area contributed by atoms with E-state index in [0.717, 1.165) is 32.0 Å². The van der Waals surface area contributed by atoms with Gasteiger partial charge in [0.05, 0.1) is 12.9 Å². The van der Waals surface area contributed by atoms with Crippen molar-refractivity contribution in [1.82, 2.24) is 20.2 Å². The lowest BCUT2D eigenvalue weighted by atomic mass is 10.1. The lowest BCUT2D eigenvalue weighted by Gasteiger charge is -2.12. The number of rotatable bonds is 8. The van der Waals surface area contributed by atoms with E-state index in [-0.39, 0.29) is 0 Å². The Morgan fingerprint density at radius 3 is 2.79 bits per heavy atom. The molecule has 1 aromatic heterocycles. The molecule has 130 valence electrons. The zero-order chi connectivity index (χ0) is 17.2. The number of hydrogen-bond donors (Lipinski definition) is 2. The van der Waals surface area contributed by atoms with Crippen molar-refractivity contribution in [2.45, 2.75) is 40.3 Å². The molecule has 0 unspecified atom stereocenters. The Morgan fingerprint density at radius 1 is 1.25 bits per heavy atom. The van der Waals surface area contributed by atoms with E-state index >= 15 is 0 Å². The fourth-order valence-electron chi connectivity index (χ4n) is 2.41.